The van der Waals surface area contributed by atoms with Crippen molar-refractivity contribution in [3.05, 3.63) is 52.8 Å². The summed E-state index contributed by atoms with van der Waals surface area (Å²) < 4.78 is 2.06. The largest absolute Gasteiger partial charge is 0.356 e. The van der Waals surface area contributed by atoms with Crippen LogP contribution in [0.3, 0.4) is 0 Å². The molecule has 2 aromatic rings. The van der Waals surface area contributed by atoms with Gasteiger partial charge in [-0.2, -0.15) is 5.10 Å². The van der Waals surface area contributed by atoms with Gasteiger partial charge >= 0.3 is 0 Å². The van der Waals surface area contributed by atoms with E-state index in [2.05, 4.69) is 69.6 Å². The van der Waals surface area contributed by atoms with Crippen molar-refractivity contribution in [3.63, 3.8) is 0 Å². The summed E-state index contributed by atoms with van der Waals surface area (Å²) in [6, 6.07) is 10.6. The second kappa shape index (κ2) is 10.3. The van der Waals surface area contributed by atoms with Crippen molar-refractivity contribution in [2.75, 3.05) is 13.6 Å². The van der Waals surface area contributed by atoms with Crippen LogP contribution in [0, 0.1) is 20.8 Å². The van der Waals surface area contributed by atoms with Gasteiger partial charge in [0.25, 0.3) is 0 Å². The van der Waals surface area contributed by atoms with Crippen LogP contribution >= 0.6 is 24.0 Å². The normalized spacial score (nSPS) is 11.1. The first-order chi connectivity index (χ1) is 11.1. The molecule has 0 spiro atoms. The number of aryl methyl sites for hydroxylation is 4. The average molecular weight is 441 g/mol. The monoisotopic (exact) mass is 441 g/mol. The minimum Gasteiger partial charge on any atom is -0.356 e. The molecular weight excluding hydrogens is 413 g/mol. The van der Waals surface area contributed by atoms with Crippen molar-refractivity contribution < 1.29 is 0 Å². The van der Waals surface area contributed by atoms with Crippen molar-refractivity contribution in [3.8, 4) is 0 Å². The van der Waals surface area contributed by atoms with Crippen LogP contribution in [0.5, 0.6) is 0 Å². The number of nitrogens with one attached hydrogen (secondary N) is 2. The molecule has 0 atom stereocenters. The van der Waals surface area contributed by atoms with Crippen molar-refractivity contribution >= 4 is 29.9 Å². The summed E-state index contributed by atoms with van der Waals surface area (Å²) in [6.45, 7) is 8.78. The Balaban J connectivity index is 0.00000288. The molecule has 0 radical (unpaired) electrons. The van der Waals surface area contributed by atoms with E-state index in [4.69, 9.17) is 0 Å². The third-order valence-electron chi connectivity index (χ3n) is 3.75. The number of hydrogen-bond acceptors (Lipinski definition) is 2. The Labute approximate surface area is 162 Å². The fourth-order valence-electron chi connectivity index (χ4n) is 2.45. The lowest BCUT2D eigenvalue weighted by atomic mass is 10.1. The van der Waals surface area contributed by atoms with Crippen molar-refractivity contribution in [1.82, 2.24) is 20.4 Å². The van der Waals surface area contributed by atoms with Gasteiger partial charge in [-0.25, -0.2) is 0 Å². The van der Waals surface area contributed by atoms with Gasteiger partial charge in [0.15, 0.2) is 5.96 Å². The molecule has 5 nitrogen and oxygen atoms in total. The topological polar surface area (TPSA) is 54.2 Å². The summed E-state index contributed by atoms with van der Waals surface area (Å²) in [6.07, 6.45) is 1.01. The van der Waals surface area contributed by atoms with Crippen LogP contribution < -0.4 is 10.6 Å². The molecule has 2 rings (SSSR count). The zero-order valence-corrected chi connectivity index (χ0v) is 17.3. The molecule has 0 saturated carbocycles. The summed E-state index contributed by atoms with van der Waals surface area (Å²) in [5, 5.41) is 11.2. The van der Waals surface area contributed by atoms with E-state index < -0.39 is 0 Å². The maximum absolute atomic E-state index is 4.47. The van der Waals surface area contributed by atoms with Crippen LogP contribution in [0.2, 0.25) is 0 Å². The molecule has 0 aliphatic carbocycles. The summed E-state index contributed by atoms with van der Waals surface area (Å²) in [5.41, 5.74) is 4.82. The second-order valence-corrected chi connectivity index (χ2v) is 5.84. The molecule has 1 aromatic heterocycles. The van der Waals surface area contributed by atoms with E-state index in [0.29, 0.717) is 0 Å². The van der Waals surface area contributed by atoms with Gasteiger partial charge in [-0.15, -0.1) is 24.0 Å². The molecule has 0 amide bonds. The highest BCUT2D eigenvalue weighted by Crippen LogP contribution is 2.03. The van der Waals surface area contributed by atoms with E-state index in [1.54, 1.807) is 7.05 Å². The maximum atomic E-state index is 4.47. The molecule has 0 unspecified atom stereocenters. The van der Waals surface area contributed by atoms with Crippen molar-refractivity contribution in [1.29, 1.82) is 0 Å². The SMILES string of the molecule is CN=C(NCCCn1nc(C)cc1C)NCc1ccc(C)cc1.I. The van der Waals surface area contributed by atoms with E-state index in [1.165, 1.54) is 16.8 Å². The van der Waals surface area contributed by atoms with Gasteiger partial charge in [0.05, 0.1) is 5.69 Å². The van der Waals surface area contributed by atoms with Gasteiger partial charge in [0.1, 0.15) is 0 Å². The van der Waals surface area contributed by atoms with E-state index in [9.17, 15) is 0 Å². The highest BCUT2D eigenvalue weighted by Gasteiger charge is 2.01. The van der Waals surface area contributed by atoms with Gasteiger partial charge in [-0.05, 0) is 38.8 Å². The molecule has 0 fully saturated rings. The highest BCUT2D eigenvalue weighted by molar-refractivity contribution is 14.0. The first-order valence-electron chi connectivity index (χ1n) is 8.09. The molecule has 0 aliphatic rings. The number of halogens is 1. The number of aromatic nitrogens is 2. The Morgan fingerprint density at radius 3 is 2.42 bits per heavy atom. The Morgan fingerprint density at radius 1 is 1.12 bits per heavy atom. The molecule has 24 heavy (non-hydrogen) atoms. The molecular formula is C18H28IN5. The van der Waals surface area contributed by atoms with Crippen LogP contribution in [-0.4, -0.2) is 29.3 Å². The van der Waals surface area contributed by atoms with Crippen LogP contribution in [0.4, 0.5) is 0 Å². The second-order valence-electron chi connectivity index (χ2n) is 5.84. The van der Waals surface area contributed by atoms with E-state index in [1.807, 2.05) is 6.92 Å². The summed E-state index contributed by atoms with van der Waals surface area (Å²) >= 11 is 0. The van der Waals surface area contributed by atoms with Crippen LogP contribution in [0.1, 0.15) is 28.9 Å². The molecule has 0 aliphatic heterocycles. The Bertz CT molecular complexity index is 646. The van der Waals surface area contributed by atoms with E-state index >= 15 is 0 Å². The smallest absolute Gasteiger partial charge is 0.191 e. The molecule has 6 heteroatoms. The van der Waals surface area contributed by atoms with E-state index in [0.717, 1.165) is 37.7 Å². The zero-order valence-electron chi connectivity index (χ0n) is 15.0. The third kappa shape index (κ3) is 6.51. The standard InChI is InChI=1S/C18H27N5.HI/c1-14-6-8-17(9-7-14)13-21-18(19-4)20-10-5-11-23-16(3)12-15(2)22-23;/h6-9,12H,5,10-11,13H2,1-4H3,(H2,19,20,21);1H. The lowest BCUT2D eigenvalue weighted by Crippen LogP contribution is -2.37. The summed E-state index contributed by atoms with van der Waals surface area (Å²) in [4.78, 5) is 4.26. The van der Waals surface area contributed by atoms with Gasteiger partial charge in [-0.3, -0.25) is 9.67 Å². The Kier molecular flexibility index (Phi) is 8.81. The third-order valence-corrected chi connectivity index (χ3v) is 3.75. The number of aliphatic imine (C=N–C) groups is 1. The lowest BCUT2D eigenvalue weighted by Gasteiger charge is -2.12. The predicted molar refractivity (Wildman–Crippen MR) is 111 cm³/mol. The minimum absolute atomic E-state index is 0. The first kappa shape index (κ1) is 20.5. The number of hydrogen-bond donors (Lipinski definition) is 2. The molecule has 132 valence electrons. The minimum atomic E-state index is 0. The predicted octanol–water partition coefficient (Wildman–Crippen LogP) is 3.18. The molecule has 1 heterocycles. The molecule has 2 N–H and O–H groups in total. The number of guanidine groups is 1. The molecule has 1 aromatic carbocycles. The van der Waals surface area contributed by atoms with Crippen LogP contribution in [-0.2, 0) is 13.1 Å². The summed E-state index contributed by atoms with van der Waals surface area (Å²) in [5.74, 6) is 0.832. The number of nitrogens with zero attached hydrogens (tertiary/aromatic N) is 3. The molecule has 0 bridgehead atoms. The van der Waals surface area contributed by atoms with Gasteiger partial charge in [0, 0.05) is 32.4 Å². The fraction of sp³-hybridized carbons (Fsp3) is 0.444. The first-order valence-corrected chi connectivity index (χ1v) is 8.09. The highest BCUT2D eigenvalue weighted by atomic mass is 127. The van der Waals surface area contributed by atoms with Crippen LogP contribution in [0.25, 0.3) is 0 Å². The lowest BCUT2D eigenvalue weighted by molar-refractivity contribution is 0.555. The zero-order chi connectivity index (χ0) is 16.7. The molecule has 0 saturated heterocycles. The van der Waals surface area contributed by atoms with Crippen LogP contribution in [0.15, 0.2) is 35.3 Å². The fourth-order valence-corrected chi connectivity index (χ4v) is 2.45. The summed E-state index contributed by atoms with van der Waals surface area (Å²) in [7, 11) is 1.80. The van der Waals surface area contributed by atoms with Gasteiger partial charge in [-0.1, -0.05) is 29.8 Å². The Hall–Kier alpha value is -1.57. The Morgan fingerprint density at radius 2 is 1.83 bits per heavy atom. The van der Waals surface area contributed by atoms with E-state index in [-0.39, 0.29) is 24.0 Å². The number of benzene rings is 1. The van der Waals surface area contributed by atoms with Gasteiger partial charge < -0.3 is 10.6 Å². The average Bonchev–Trinajstić information content (AvgIpc) is 2.86. The number of rotatable bonds is 6. The van der Waals surface area contributed by atoms with Gasteiger partial charge in [0.2, 0.25) is 0 Å². The van der Waals surface area contributed by atoms with Crippen molar-refractivity contribution in [2.24, 2.45) is 4.99 Å². The quantitative estimate of drug-likeness (QED) is 0.314. The van der Waals surface area contributed by atoms with Crippen molar-refractivity contribution in [2.45, 2.75) is 40.3 Å². The maximum Gasteiger partial charge on any atom is 0.191 e.